The second kappa shape index (κ2) is 3.11. The fourth-order valence-electron chi connectivity index (χ4n) is 2.30. The fraction of sp³-hybridized carbons (Fsp3) is 0.909. The highest BCUT2D eigenvalue weighted by atomic mass is 16.6. The molecule has 1 saturated carbocycles. The average Bonchev–Trinajstić information content (AvgIpc) is 2.66. The molecule has 2 rings (SSSR count). The first-order valence-electron chi connectivity index (χ1n) is 5.45. The standard InChI is InChI=1S/C11H19NO3/c1-10(2,3)15-9(14)12-5-8-4-11(8,6-12)7-13/h8,13H,4-7H2,1-3H3/t8-,11+/m1/s1. The molecule has 0 bridgehead atoms. The molecular formula is C11H19NO3. The molecule has 1 amide bonds. The second-order valence-electron chi connectivity index (χ2n) is 5.78. The zero-order valence-corrected chi connectivity index (χ0v) is 9.62. The first-order chi connectivity index (χ1) is 6.86. The monoisotopic (exact) mass is 213 g/mol. The Labute approximate surface area is 90.2 Å². The summed E-state index contributed by atoms with van der Waals surface area (Å²) in [6, 6.07) is 0. The van der Waals surface area contributed by atoms with E-state index in [0.717, 1.165) is 13.0 Å². The zero-order valence-electron chi connectivity index (χ0n) is 9.62. The van der Waals surface area contributed by atoms with Crippen LogP contribution in [-0.2, 0) is 4.74 Å². The van der Waals surface area contributed by atoms with Crippen LogP contribution in [0.5, 0.6) is 0 Å². The Morgan fingerprint density at radius 1 is 1.60 bits per heavy atom. The van der Waals surface area contributed by atoms with E-state index in [1.807, 2.05) is 20.8 Å². The third-order valence-corrected chi connectivity index (χ3v) is 3.27. The van der Waals surface area contributed by atoms with Crippen molar-refractivity contribution >= 4 is 6.09 Å². The Morgan fingerprint density at radius 2 is 2.27 bits per heavy atom. The second-order valence-corrected chi connectivity index (χ2v) is 5.78. The minimum atomic E-state index is -0.434. The molecule has 86 valence electrons. The van der Waals surface area contributed by atoms with Crippen LogP contribution in [0.1, 0.15) is 27.2 Å². The summed E-state index contributed by atoms with van der Waals surface area (Å²) in [5, 5.41) is 9.22. The van der Waals surface area contributed by atoms with Crippen molar-refractivity contribution in [2.75, 3.05) is 19.7 Å². The van der Waals surface area contributed by atoms with Crippen molar-refractivity contribution in [2.24, 2.45) is 11.3 Å². The van der Waals surface area contributed by atoms with Gasteiger partial charge in [0.15, 0.2) is 0 Å². The lowest BCUT2D eigenvalue weighted by atomic mass is 10.1. The molecule has 1 aliphatic carbocycles. The Hall–Kier alpha value is -0.770. The van der Waals surface area contributed by atoms with Crippen LogP contribution in [0.3, 0.4) is 0 Å². The summed E-state index contributed by atoms with van der Waals surface area (Å²) in [5.74, 6) is 0.495. The van der Waals surface area contributed by atoms with Gasteiger partial charge in [-0.3, -0.25) is 0 Å². The maximum absolute atomic E-state index is 11.7. The van der Waals surface area contributed by atoms with E-state index in [2.05, 4.69) is 0 Å². The van der Waals surface area contributed by atoms with E-state index in [4.69, 9.17) is 4.74 Å². The number of nitrogens with zero attached hydrogens (tertiary/aromatic N) is 1. The van der Waals surface area contributed by atoms with Gasteiger partial charge in [0.25, 0.3) is 0 Å². The molecular weight excluding hydrogens is 194 g/mol. The van der Waals surface area contributed by atoms with Crippen molar-refractivity contribution in [3.8, 4) is 0 Å². The molecule has 15 heavy (non-hydrogen) atoms. The van der Waals surface area contributed by atoms with E-state index >= 15 is 0 Å². The smallest absolute Gasteiger partial charge is 0.410 e. The highest BCUT2D eigenvalue weighted by molar-refractivity contribution is 5.69. The van der Waals surface area contributed by atoms with E-state index in [1.165, 1.54) is 0 Å². The third kappa shape index (κ3) is 1.95. The average molecular weight is 213 g/mol. The molecule has 4 heteroatoms. The van der Waals surface area contributed by atoms with Crippen LogP contribution in [0, 0.1) is 11.3 Å². The molecule has 0 aromatic rings. The summed E-state index contributed by atoms with van der Waals surface area (Å²) in [4.78, 5) is 13.4. The zero-order chi connectivity index (χ0) is 11.3. The summed E-state index contributed by atoms with van der Waals surface area (Å²) < 4.78 is 5.29. The number of hydrogen-bond donors (Lipinski definition) is 1. The summed E-state index contributed by atoms with van der Waals surface area (Å²) in [5.41, 5.74) is -0.423. The van der Waals surface area contributed by atoms with Gasteiger partial charge < -0.3 is 14.7 Å². The van der Waals surface area contributed by atoms with Crippen molar-refractivity contribution in [1.82, 2.24) is 4.90 Å². The van der Waals surface area contributed by atoms with Gasteiger partial charge >= 0.3 is 6.09 Å². The highest BCUT2D eigenvalue weighted by Gasteiger charge is 2.60. The van der Waals surface area contributed by atoms with Gasteiger partial charge in [0.2, 0.25) is 0 Å². The maximum Gasteiger partial charge on any atom is 0.410 e. The Morgan fingerprint density at radius 3 is 2.73 bits per heavy atom. The van der Waals surface area contributed by atoms with Gasteiger partial charge in [0.05, 0.1) is 6.61 Å². The number of carbonyl (C=O) groups is 1. The van der Waals surface area contributed by atoms with Gasteiger partial charge in [-0.25, -0.2) is 4.79 Å². The van der Waals surface area contributed by atoms with Crippen LogP contribution < -0.4 is 0 Å². The maximum atomic E-state index is 11.7. The summed E-state index contributed by atoms with van der Waals surface area (Å²) in [6.45, 7) is 7.19. The van der Waals surface area contributed by atoms with Crippen LogP contribution in [0.15, 0.2) is 0 Å². The van der Waals surface area contributed by atoms with Crippen LogP contribution in [0.2, 0.25) is 0 Å². The molecule has 0 unspecified atom stereocenters. The van der Waals surface area contributed by atoms with E-state index in [-0.39, 0.29) is 18.1 Å². The van der Waals surface area contributed by atoms with E-state index in [1.54, 1.807) is 4.90 Å². The summed E-state index contributed by atoms with van der Waals surface area (Å²) in [7, 11) is 0. The number of carbonyl (C=O) groups excluding carboxylic acids is 1. The van der Waals surface area contributed by atoms with Crippen LogP contribution in [-0.4, -0.2) is 41.4 Å². The van der Waals surface area contributed by atoms with Gasteiger partial charge in [-0.05, 0) is 33.1 Å². The van der Waals surface area contributed by atoms with Crippen molar-refractivity contribution in [1.29, 1.82) is 0 Å². The Kier molecular flexibility index (Phi) is 2.23. The molecule has 2 fully saturated rings. The van der Waals surface area contributed by atoms with Crippen LogP contribution in [0.4, 0.5) is 4.79 Å². The minimum Gasteiger partial charge on any atom is -0.444 e. The molecule has 4 nitrogen and oxygen atoms in total. The fourth-order valence-corrected chi connectivity index (χ4v) is 2.30. The first kappa shape index (κ1) is 10.7. The first-order valence-corrected chi connectivity index (χ1v) is 5.45. The van der Waals surface area contributed by atoms with Crippen LogP contribution in [0.25, 0.3) is 0 Å². The minimum absolute atomic E-state index is 0.0108. The lowest BCUT2D eigenvalue weighted by molar-refractivity contribution is 0.0252. The molecule has 1 heterocycles. The number of hydrogen-bond acceptors (Lipinski definition) is 3. The number of fused-ring (bicyclic) bond motifs is 1. The third-order valence-electron chi connectivity index (χ3n) is 3.27. The number of aliphatic hydroxyl groups is 1. The molecule has 2 atom stereocenters. The highest BCUT2D eigenvalue weighted by Crippen LogP contribution is 2.57. The Bertz CT molecular complexity index is 280. The lowest BCUT2D eigenvalue weighted by Gasteiger charge is -2.26. The van der Waals surface area contributed by atoms with E-state index < -0.39 is 5.60 Å². The quantitative estimate of drug-likeness (QED) is 0.713. The van der Waals surface area contributed by atoms with Crippen molar-refractivity contribution in [3.05, 3.63) is 0 Å². The predicted octanol–water partition coefficient (Wildman–Crippen LogP) is 1.24. The molecule has 1 N–H and O–H groups in total. The van der Waals surface area contributed by atoms with Gasteiger partial charge in [-0.15, -0.1) is 0 Å². The number of amides is 1. The van der Waals surface area contributed by atoms with Gasteiger partial charge in [0, 0.05) is 18.5 Å². The largest absolute Gasteiger partial charge is 0.444 e. The molecule has 0 spiro atoms. The summed E-state index contributed by atoms with van der Waals surface area (Å²) in [6.07, 6.45) is 0.811. The lowest BCUT2D eigenvalue weighted by Crippen LogP contribution is -2.37. The number of aliphatic hydroxyl groups excluding tert-OH is 1. The molecule has 1 saturated heterocycles. The Balaban J connectivity index is 1.90. The number of piperidine rings is 1. The number of rotatable bonds is 1. The molecule has 2 aliphatic rings. The molecule has 0 radical (unpaired) electrons. The predicted molar refractivity (Wildman–Crippen MR) is 55.4 cm³/mol. The van der Waals surface area contributed by atoms with E-state index in [9.17, 15) is 9.90 Å². The van der Waals surface area contributed by atoms with Crippen molar-refractivity contribution < 1.29 is 14.6 Å². The number of ether oxygens (including phenoxy) is 1. The van der Waals surface area contributed by atoms with Crippen LogP contribution >= 0.6 is 0 Å². The van der Waals surface area contributed by atoms with Crippen molar-refractivity contribution in [2.45, 2.75) is 32.8 Å². The van der Waals surface area contributed by atoms with E-state index in [0.29, 0.717) is 12.5 Å². The van der Waals surface area contributed by atoms with Gasteiger partial charge in [-0.1, -0.05) is 0 Å². The molecule has 0 aromatic heterocycles. The van der Waals surface area contributed by atoms with Gasteiger partial charge in [0.1, 0.15) is 5.60 Å². The summed E-state index contributed by atoms with van der Waals surface area (Å²) >= 11 is 0. The van der Waals surface area contributed by atoms with Gasteiger partial charge in [-0.2, -0.15) is 0 Å². The number of likely N-dealkylation sites (tertiary alicyclic amines) is 1. The molecule has 1 aliphatic heterocycles. The van der Waals surface area contributed by atoms with Crippen molar-refractivity contribution in [3.63, 3.8) is 0 Å². The topological polar surface area (TPSA) is 49.8 Å². The SMILES string of the molecule is CC(C)(C)OC(=O)N1C[C@H]2C[C@@]2(CO)C1. The normalized spacial score (nSPS) is 33.9. The molecule has 0 aromatic carbocycles.